The summed E-state index contributed by atoms with van der Waals surface area (Å²) in [5.74, 6) is 0.0890. The molecule has 0 radical (unpaired) electrons. The molecule has 7 heteroatoms. The normalized spacial score (nSPS) is 12.0. The van der Waals surface area contributed by atoms with Crippen molar-refractivity contribution in [3.8, 4) is 11.4 Å². The van der Waals surface area contributed by atoms with Crippen LogP contribution in [0.4, 0.5) is 5.69 Å². The van der Waals surface area contributed by atoms with E-state index in [0.717, 1.165) is 5.56 Å². The van der Waals surface area contributed by atoms with Gasteiger partial charge < -0.3 is 5.32 Å². The van der Waals surface area contributed by atoms with Gasteiger partial charge in [-0.2, -0.15) is 4.80 Å². The third-order valence-corrected chi connectivity index (χ3v) is 4.15. The van der Waals surface area contributed by atoms with Crippen LogP contribution in [0.25, 0.3) is 11.4 Å². The van der Waals surface area contributed by atoms with Gasteiger partial charge in [0, 0.05) is 16.8 Å². The van der Waals surface area contributed by atoms with Crippen molar-refractivity contribution in [2.24, 2.45) is 5.92 Å². The van der Waals surface area contributed by atoms with Crippen LogP contribution >= 0.6 is 0 Å². The number of nitrogens with zero attached hydrogens (tertiary/aromatic N) is 4. The molecule has 0 saturated carbocycles. The number of anilines is 1. The molecule has 1 N–H and O–H groups in total. The third kappa shape index (κ3) is 4.25. The molecule has 0 aliphatic heterocycles. The lowest BCUT2D eigenvalue weighted by Gasteiger charge is -2.19. The molecule has 1 atom stereocenters. The Kier molecular flexibility index (Phi) is 5.40. The minimum absolute atomic E-state index is 0.0567. The highest BCUT2D eigenvalue weighted by Crippen LogP contribution is 2.21. The van der Waals surface area contributed by atoms with Crippen LogP contribution in [-0.2, 0) is 4.79 Å². The maximum absolute atomic E-state index is 12.9. The van der Waals surface area contributed by atoms with Crippen LogP contribution in [0.3, 0.4) is 0 Å². The zero-order chi connectivity index (χ0) is 19.4. The zero-order valence-electron chi connectivity index (χ0n) is 15.5. The molecular weight excluding hydrogens is 342 g/mol. The van der Waals surface area contributed by atoms with Gasteiger partial charge in [-0.15, -0.1) is 10.2 Å². The number of Topliss-reactive ketones (excluding diaryl/α,β-unsaturated/α-hetero) is 1. The Balaban J connectivity index is 1.83. The Morgan fingerprint density at radius 1 is 1.04 bits per heavy atom. The first-order valence-electron chi connectivity index (χ1n) is 8.72. The number of hydrogen-bond acceptors (Lipinski definition) is 5. The van der Waals surface area contributed by atoms with E-state index in [0.29, 0.717) is 17.1 Å². The fraction of sp³-hybridized carbons (Fsp3) is 0.250. The first-order valence-corrected chi connectivity index (χ1v) is 8.72. The van der Waals surface area contributed by atoms with E-state index in [1.54, 1.807) is 24.3 Å². The van der Waals surface area contributed by atoms with Crippen molar-refractivity contribution in [3.05, 3.63) is 60.2 Å². The summed E-state index contributed by atoms with van der Waals surface area (Å²) in [5.41, 5.74) is 1.93. The van der Waals surface area contributed by atoms with Crippen molar-refractivity contribution in [2.75, 3.05) is 5.32 Å². The largest absolute Gasteiger partial charge is 0.324 e. The lowest BCUT2D eigenvalue weighted by Crippen LogP contribution is -2.31. The van der Waals surface area contributed by atoms with Crippen molar-refractivity contribution in [3.63, 3.8) is 0 Å². The molecule has 0 aliphatic carbocycles. The number of aromatic nitrogens is 4. The number of tetrazole rings is 1. The average Bonchev–Trinajstić information content (AvgIpc) is 3.12. The van der Waals surface area contributed by atoms with Crippen LogP contribution < -0.4 is 5.32 Å². The lowest BCUT2D eigenvalue weighted by atomic mass is 10.0. The van der Waals surface area contributed by atoms with Gasteiger partial charge in [-0.05, 0) is 30.2 Å². The number of hydrogen-bond donors (Lipinski definition) is 1. The summed E-state index contributed by atoms with van der Waals surface area (Å²) in [6.07, 6.45) is 0. The molecule has 3 rings (SSSR count). The van der Waals surface area contributed by atoms with Crippen LogP contribution in [-0.4, -0.2) is 31.9 Å². The van der Waals surface area contributed by atoms with Crippen LogP contribution in [0, 0.1) is 5.92 Å². The Morgan fingerprint density at radius 2 is 1.78 bits per heavy atom. The summed E-state index contributed by atoms with van der Waals surface area (Å²) in [4.78, 5) is 25.7. The topological polar surface area (TPSA) is 89.8 Å². The lowest BCUT2D eigenvalue weighted by molar-refractivity contribution is -0.121. The monoisotopic (exact) mass is 363 g/mol. The molecule has 1 amide bonds. The predicted molar refractivity (Wildman–Crippen MR) is 102 cm³/mol. The number of rotatable bonds is 6. The number of amides is 1. The van der Waals surface area contributed by atoms with Crippen LogP contribution in [0.2, 0.25) is 0 Å². The summed E-state index contributed by atoms with van der Waals surface area (Å²) in [5, 5.41) is 15.4. The number of nitrogens with one attached hydrogen (secondary N) is 1. The molecule has 1 heterocycles. The highest BCUT2D eigenvalue weighted by Gasteiger charge is 2.27. The van der Waals surface area contributed by atoms with Crippen LogP contribution in [0.1, 0.15) is 37.2 Å². The average molecular weight is 363 g/mol. The quantitative estimate of drug-likeness (QED) is 0.678. The van der Waals surface area contributed by atoms with Gasteiger partial charge in [-0.1, -0.05) is 56.3 Å². The molecular formula is C20H21N5O2. The summed E-state index contributed by atoms with van der Waals surface area (Å²) < 4.78 is 0. The summed E-state index contributed by atoms with van der Waals surface area (Å²) in [6.45, 7) is 5.33. The van der Waals surface area contributed by atoms with Gasteiger partial charge in [0.1, 0.15) is 0 Å². The molecule has 2 aromatic carbocycles. The number of carbonyl (C=O) groups is 2. The standard InChI is InChI=1S/C20H21N5O2/c1-13(2)18(20(27)21-17-11-7-10-16(12-17)14(3)26)25-23-19(22-24-25)15-8-5-4-6-9-15/h4-13,18H,1-3H3,(H,21,27). The van der Waals surface area contributed by atoms with Gasteiger partial charge in [0.05, 0.1) is 0 Å². The van der Waals surface area contributed by atoms with Crippen molar-refractivity contribution in [2.45, 2.75) is 26.8 Å². The van der Waals surface area contributed by atoms with Gasteiger partial charge in [-0.3, -0.25) is 9.59 Å². The number of carbonyl (C=O) groups excluding carboxylic acids is 2. The third-order valence-electron chi connectivity index (χ3n) is 4.15. The Hall–Kier alpha value is -3.35. The maximum atomic E-state index is 12.9. The molecule has 0 saturated heterocycles. The molecule has 0 spiro atoms. The number of ketones is 1. The molecule has 1 aromatic heterocycles. The van der Waals surface area contributed by atoms with Gasteiger partial charge in [-0.25, -0.2) is 0 Å². The smallest absolute Gasteiger partial charge is 0.251 e. The van der Waals surface area contributed by atoms with E-state index in [9.17, 15) is 9.59 Å². The molecule has 0 fully saturated rings. The van der Waals surface area contributed by atoms with Gasteiger partial charge in [0.25, 0.3) is 5.91 Å². The first-order chi connectivity index (χ1) is 13.0. The van der Waals surface area contributed by atoms with E-state index >= 15 is 0 Å². The van der Waals surface area contributed by atoms with Crippen LogP contribution in [0.5, 0.6) is 0 Å². The van der Waals surface area contributed by atoms with Crippen molar-refractivity contribution in [1.82, 2.24) is 20.2 Å². The van der Waals surface area contributed by atoms with Gasteiger partial charge in [0.2, 0.25) is 5.82 Å². The summed E-state index contributed by atoms with van der Waals surface area (Å²) >= 11 is 0. The van der Waals surface area contributed by atoms with E-state index in [-0.39, 0.29) is 17.6 Å². The molecule has 138 valence electrons. The second-order valence-corrected chi connectivity index (χ2v) is 6.61. The molecule has 7 nitrogen and oxygen atoms in total. The zero-order valence-corrected chi connectivity index (χ0v) is 15.5. The Bertz CT molecular complexity index is 950. The fourth-order valence-corrected chi connectivity index (χ4v) is 2.75. The Morgan fingerprint density at radius 3 is 2.44 bits per heavy atom. The van der Waals surface area contributed by atoms with E-state index in [2.05, 4.69) is 20.7 Å². The van der Waals surface area contributed by atoms with E-state index in [4.69, 9.17) is 0 Å². The highest BCUT2D eigenvalue weighted by atomic mass is 16.2. The van der Waals surface area contributed by atoms with Gasteiger partial charge in [0.15, 0.2) is 11.8 Å². The van der Waals surface area contributed by atoms with Crippen molar-refractivity contribution in [1.29, 1.82) is 0 Å². The minimum atomic E-state index is -0.629. The first kappa shape index (κ1) is 18.4. The van der Waals surface area contributed by atoms with Crippen LogP contribution in [0.15, 0.2) is 54.6 Å². The maximum Gasteiger partial charge on any atom is 0.251 e. The molecule has 0 aliphatic rings. The summed E-state index contributed by atoms with van der Waals surface area (Å²) in [7, 11) is 0. The second-order valence-electron chi connectivity index (χ2n) is 6.61. The van der Waals surface area contributed by atoms with Crippen molar-refractivity contribution < 1.29 is 9.59 Å². The van der Waals surface area contributed by atoms with E-state index in [1.165, 1.54) is 11.7 Å². The summed E-state index contributed by atoms with van der Waals surface area (Å²) in [6, 6.07) is 15.7. The van der Waals surface area contributed by atoms with Gasteiger partial charge >= 0.3 is 0 Å². The molecule has 3 aromatic rings. The fourth-order valence-electron chi connectivity index (χ4n) is 2.75. The SMILES string of the molecule is CC(=O)c1cccc(NC(=O)C(C(C)C)n2nnc(-c3ccccc3)n2)c1. The number of benzene rings is 2. The van der Waals surface area contributed by atoms with E-state index in [1.807, 2.05) is 44.2 Å². The second kappa shape index (κ2) is 7.90. The predicted octanol–water partition coefficient (Wildman–Crippen LogP) is 3.38. The highest BCUT2D eigenvalue weighted by molar-refractivity contribution is 5.98. The minimum Gasteiger partial charge on any atom is -0.324 e. The van der Waals surface area contributed by atoms with E-state index < -0.39 is 6.04 Å². The molecule has 27 heavy (non-hydrogen) atoms. The molecule has 1 unspecified atom stereocenters. The molecule has 0 bridgehead atoms. The van der Waals surface area contributed by atoms with Crippen molar-refractivity contribution >= 4 is 17.4 Å². The Labute approximate surface area is 157 Å².